The van der Waals surface area contributed by atoms with Gasteiger partial charge in [-0.05, 0) is 52.7 Å². The Morgan fingerprint density at radius 1 is 1.23 bits per heavy atom. The molecule has 0 amide bonds. The van der Waals surface area contributed by atoms with E-state index < -0.39 is 0 Å². The Hall–Kier alpha value is 0.310. The number of hydrogen-bond acceptors (Lipinski definition) is 3. The third kappa shape index (κ3) is 10.2. The van der Waals surface area contributed by atoms with Crippen molar-refractivity contribution in [3.05, 3.63) is 0 Å². The van der Waals surface area contributed by atoms with Gasteiger partial charge in [0.25, 0.3) is 0 Å². The standard InChI is InChI=1S/C16H34N4S.HI/c1-6-17-15(18-10-11-19-16(3,4)5)20-13-8-9-14(12-13)21-7-2;/h13-14,19H,6-12H2,1-5H3,(H2,17,18,20);1H. The highest BCUT2D eigenvalue weighted by Gasteiger charge is 2.25. The van der Waals surface area contributed by atoms with Crippen molar-refractivity contribution in [1.29, 1.82) is 0 Å². The van der Waals surface area contributed by atoms with Gasteiger partial charge < -0.3 is 16.0 Å². The highest BCUT2D eigenvalue weighted by molar-refractivity contribution is 14.0. The van der Waals surface area contributed by atoms with Crippen molar-refractivity contribution in [1.82, 2.24) is 16.0 Å². The maximum Gasteiger partial charge on any atom is 0.191 e. The van der Waals surface area contributed by atoms with Crippen LogP contribution in [0.3, 0.4) is 0 Å². The lowest BCUT2D eigenvalue weighted by molar-refractivity contribution is 0.432. The molecule has 1 fully saturated rings. The van der Waals surface area contributed by atoms with Crippen LogP contribution >= 0.6 is 35.7 Å². The van der Waals surface area contributed by atoms with Gasteiger partial charge in [-0.3, -0.25) is 4.99 Å². The summed E-state index contributed by atoms with van der Waals surface area (Å²) in [5, 5.41) is 11.3. The third-order valence-corrected chi connectivity index (χ3v) is 4.74. The second-order valence-corrected chi connectivity index (χ2v) is 8.25. The lowest BCUT2D eigenvalue weighted by atomic mass is 10.1. The molecule has 0 radical (unpaired) electrons. The van der Waals surface area contributed by atoms with Crippen molar-refractivity contribution < 1.29 is 0 Å². The second kappa shape index (κ2) is 11.8. The predicted octanol–water partition coefficient (Wildman–Crippen LogP) is 3.22. The molecule has 0 bridgehead atoms. The molecule has 132 valence electrons. The smallest absolute Gasteiger partial charge is 0.191 e. The van der Waals surface area contributed by atoms with Crippen molar-refractivity contribution in [3.63, 3.8) is 0 Å². The molecule has 0 saturated heterocycles. The highest BCUT2D eigenvalue weighted by atomic mass is 127. The molecule has 2 atom stereocenters. The number of hydrogen-bond donors (Lipinski definition) is 3. The van der Waals surface area contributed by atoms with E-state index in [0.717, 1.165) is 30.8 Å². The Morgan fingerprint density at radius 2 is 1.95 bits per heavy atom. The summed E-state index contributed by atoms with van der Waals surface area (Å²) < 4.78 is 0. The van der Waals surface area contributed by atoms with Crippen LogP contribution in [0.4, 0.5) is 0 Å². The molecule has 0 aromatic rings. The monoisotopic (exact) mass is 442 g/mol. The molecule has 1 aliphatic carbocycles. The molecule has 1 aliphatic rings. The van der Waals surface area contributed by atoms with Crippen LogP contribution in [0.25, 0.3) is 0 Å². The second-order valence-electron chi connectivity index (χ2n) is 6.67. The van der Waals surface area contributed by atoms with Crippen LogP contribution < -0.4 is 16.0 Å². The first-order chi connectivity index (χ1) is 9.94. The van der Waals surface area contributed by atoms with E-state index >= 15 is 0 Å². The number of rotatable bonds is 7. The third-order valence-electron chi connectivity index (χ3n) is 3.51. The Morgan fingerprint density at radius 3 is 2.55 bits per heavy atom. The number of thioether (sulfide) groups is 1. The van der Waals surface area contributed by atoms with E-state index in [9.17, 15) is 0 Å². The molecule has 0 spiro atoms. The number of aliphatic imine (C=N–C) groups is 1. The summed E-state index contributed by atoms with van der Waals surface area (Å²) in [6.07, 6.45) is 3.87. The number of halogens is 1. The normalized spacial score (nSPS) is 22.3. The summed E-state index contributed by atoms with van der Waals surface area (Å²) in [6.45, 7) is 13.6. The fourth-order valence-electron chi connectivity index (χ4n) is 2.57. The van der Waals surface area contributed by atoms with Gasteiger partial charge in [-0.15, -0.1) is 24.0 Å². The molecular weight excluding hydrogens is 407 g/mol. The molecule has 2 unspecified atom stereocenters. The van der Waals surface area contributed by atoms with E-state index in [4.69, 9.17) is 0 Å². The van der Waals surface area contributed by atoms with E-state index in [2.05, 4.69) is 67.3 Å². The van der Waals surface area contributed by atoms with Gasteiger partial charge in [-0.25, -0.2) is 0 Å². The summed E-state index contributed by atoms with van der Waals surface area (Å²) in [6, 6.07) is 0.586. The van der Waals surface area contributed by atoms with E-state index in [1.165, 1.54) is 25.0 Å². The fraction of sp³-hybridized carbons (Fsp3) is 0.938. The van der Waals surface area contributed by atoms with Crippen molar-refractivity contribution in [2.24, 2.45) is 4.99 Å². The zero-order valence-corrected chi connectivity index (χ0v) is 18.0. The zero-order valence-electron chi connectivity index (χ0n) is 14.9. The van der Waals surface area contributed by atoms with E-state index in [1.54, 1.807) is 0 Å². The first kappa shape index (κ1) is 22.3. The van der Waals surface area contributed by atoms with Crippen LogP contribution in [-0.4, -0.2) is 48.2 Å². The van der Waals surface area contributed by atoms with E-state index in [-0.39, 0.29) is 29.5 Å². The van der Waals surface area contributed by atoms with Crippen LogP contribution in [0.5, 0.6) is 0 Å². The molecule has 1 saturated carbocycles. The molecule has 1 rings (SSSR count). The van der Waals surface area contributed by atoms with Gasteiger partial charge in [0, 0.05) is 29.9 Å². The number of nitrogens with one attached hydrogen (secondary N) is 3. The lowest BCUT2D eigenvalue weighted by Crippen LogP contribution is -2.43. The predicted molar refractivity (Wildman–Crippen MR) is 112 cm³/mol. The minimum atomic E-state index is 0. The Labute approximate surface area is 158 Å². The molecule has 0 aromatic carbocycles. The minimum Gasteiger partial charge on any atom is -0.357 e. The van der Waals surface area contributed by atoms with Gasteiger partial charge in [0.2, 0.25) is 0 Å². The molecule has 6 heteroatoms. The lowest BCUT2D eigenvalue weighted by Gasteiger charge is -2.20. The highest BCUT2D eigenvalue weighted by Crippen LogP contribution is 2.29. The SMILES string of the molecule is CCNC(=NCCNC(C)(C)C)NC1CCC(SCC)C1.I. The van der Waals surface area contributed by atoms with Gasteiger partial charge in [0.05, 0.1) is 6.54 Å². The molecule has 22 heavy (non-hydrogen) atoms. The average Bonchev–Trinajstić information content (AvgIpc) is 2.81. The largest absolute Gasteiger partial charge is 0.357 e. The van der Waals surface area contributed by atoms with Crippen LogP contribution in [0, 0.1) is 0 Å². The summed E-state index contributed by atoms with van der Waals surface area (Å²) in [5.41, 5.74) is 0.164. The van der Waals surface area contributed by atoms with E-state index in [0.29, 0.717) is 6.04 Å². The van der Waals surface area contributed by atoms with Crippen molar-refractivity contribution >= 4 is 41.7 Å². The Bertz CT molecular complexity index is 318. The van der Waals surface area contributed by atoms with E-state index in [1.807, 2.05) is 0 Å². The van der Waals surface area contributed by atoms with Crippen LogP contribution in [0.1, 0.15) is 53.9 Å². The van der Waals surface area contributed by atoms with Crippen LogP contribution in [0.15, 0.2) is 4.99 Å². The van der Waals surface area contributed by atoms with Crippen LogP contribution in [-0.2, 0) is 0 Å². The molecule has 0 aliphatic heterocycles. The number of nitrogens with zero attached hydrogens (tertiary/aromatic N) is 1. The van der Waals surface area contributed by atoms with Crippen LogP contribution in [0.2, 0.25) is 0 Å². The quantitative estimate of drug-likeness (QED) is 0.245. The van der Waals surface area contributed by atoms with Crippen molar-refractivity contribution in [3.8, 4) is 0 Å². The average molecular weight is 442 g/mol. The maximum atomic E-state index is 4.68. The number of guanidine groups is 1. The Balaban J connectivity index is 0.00000441. The summed E-state index contributed by atoms with van der Waals surface area (Å²) in [7, 11) is 0. The van der Waals surface area contributed by atoms with Crippen molar-refractivity contribution in [2.45, 2.75) is 70.7 Å². The summed E-state index contributed by atoms with van der Waals surface area (Å²) in [5.74, 6) is 2.20. The molecule has 4 nitrogen and oxygen atoms in total. The molecule has 3 N–H and O–H groups in total. The van der Waals surface area contributed by atoms with Gasteiger partial charge in [-0.1, -0.05) is 6.92 Å². The van der Waals surface area contributed by atoms with Crippen molar-refractivity contribution in [2.75, 3.05) is 25.4 Å². The first-order valence-electron chi connectivity index (χ1n) is 8.36. The van der Waals surface area contributed by atoms with Gasteiger partial charge in [0.1, 0.15) is 0 Å². The summed E-state index contributed by atoms with van der Waals surface area (Å²) in [4.78, 5) is 4.68. The first-order valence-corrected chi connectivity index (χ1v) is 9.41. The zero-order chi connectivity index (χ0) is 15.7. The maximum absolute atomic E-state index is 4.68. The molecule has 0 aromatic heterocycles. The molecular formula is C16H35IN4S. The minimum absolute atomic E-state index is 0. The Kier molecular flexibility index (Phi) is 12.0. The fourth-order valence-corrected chi connectivity index (χ4v) is 3.71. The molecule has 0 heterocycles. The topological polar surface area (TPSA) is 48.5 Å². The van der Waals surface area contributed by atoms with Gasteiger partial charge >= 0.3 is 0 Å². The van der Waals surface area contributed by atoms with Gasteiger partial charge in [-0.2, -0.15) is 11.8 Å². The summed E-state index contributed by atoms with van der Waals surface area (Å²) >= 11 is 2.10. The van der Waals surface area contributed by atoms with Gasteiger partial charge in [0.15, 0.2) is 5.96 Å².